The molecule has 1 saturated heterocycles. The Kier molecular flexibility index (Phi) is 9.13. The molecule has 3 aliphatic rings. The van der Waals surface area contributed by atoms with Gasteiger partial charge in [-0.3, -0.25) is 9.59 Å². The van der Waals surface area contributed by atoms with E-state index >= 15 is 8.78 Å². The SMILES string of the molecule is COc1ccc2c(C(F)(F)F)c3c(nc2c1)O[C@H]1CN(C(=O)[C@H](C(C)(C)C)NC(=O)O[C@]2(C)C[C@H]2CCCCC3(F)F)[C@H](C(C)=O)C1C. The molecule has 2 amide bonds. The predicted molar refractivity (Wildman–Crippen MR) is 165 cm³/mol. The van der Waals surface area contributed by atoms with Gasteiger partial charge in [0.1, 0.15) is 23.5 Å². The number of Topliss-reactive ketones (excluding diaryl/α,β-unsaturated/α-hetero) is 1. The van der Waals surface area contributed by atoms with Crippen molar-refractivity contribution in [2.75, 3.05) is 13.7 Å². The minimum Gasteiger partial charge on any atom is -0.497 e. The fourth-order valence-corrected chi connectivity index (χ4v) is 7.13. The van der Waals surface area contributed by atoms with Crippen molar-refractivity contribution in [1.82, 2.24) is 15.2 Å². The van der Waals surface area contributed by atoms with Crippen molar-refractivity contribution in [1.29, 1.82) is 0 Å². The van der Waals surface area contributed by atoms with E-state index < -0.39 is 93.8 Å². The van der Waals surface area contributed by atoms with Gasteiger partial charge in [-0.1, -0.05) is 34.1 Å². The van der Waals surface area contributed by atoms with Crippen LogP contribution in [0.3, 0.4) is 0 Å². The summed E-state index contributed by atoms with van der Waals surface area (Å²) >= 11 is 0. The van der Waals surface area contributed by atoms with Crippen LogP contribution in [0.1, 0.15) is 84.8 Å². The molecule has 1 saturated carbocycles. The Morgan fingerprint density at radius 2 is 1.83 bits per heavy atom. The van der Waals surface area contributed by atoms with Gasteiger partial charge in [-0.15, -0.1) is 0 Å². The molecule has 5 rings (SSSR count). The molecular formula is C34H42F5N3O6. The van der Waals surface area contributed by atoms with Crippen LogP contribution >= 0.6 is 0 Å². The van der Waals surface area contributed by atoms with Crippen LogP contribution in [0.5, 0.6) is 11.6 Å². The number of methoxy groups -OCH3 is 1. The Morgan fingerprint density at radius 3 is 2.44 bits per heavy atom. The van der Waals surface area contributed by atoms with E-state index in [-0.39, 0.29) is 36.6 Å². The molecule has 14 heteroatoms. The van der Waals surface area contributed by atoms with E-state index in [1.54, 1.807) is 34.6 Å². The molecule has 9 nitrogen and oxygen atoms in total. The summed E-state index contributed by atoms with van der Waals surface area (Å²) < 4.78 is 94.0. The fraction of sp³-hybridized carbons (Fsp3) is 0.647. The third-order valence-electron chi connectivity index (χ3n) is 9.92. The van der Waals surface area contributed by atoms with Crippen molar-refractivity contribution >= 4 is 28.7 Å². The normalized spacial score (nSPS) is 29.8. The average Bonchev–Trinajstić information content (AvgIpc) is 3.48. The molecule has 1 unspecified atom stereocenters. The zero-order valence-electron chi connectivity index (χ0n) is 28.1. The van der Waals surface area contributed by atoms with Crippen LogP contribution < -0.4 is 14.8 Å². The summed E-state index contributed by atoms with van der Waals surface area (Å²) in [6.07, 6.45) is -7.17. The molecule has 2 aliphatic heterocycles. The van der Waals surface area contributed by atoms with Crippen molar-refractivity contribution in [3.8, 4) is 11.6 Å². The zero-order valence-corrected chi connectivity index (χ0v) is 28.1. The van der Waals surface area contributed by atoms with Gasteiger partial charge in [-0.25, -0.2) is 18.6 Å². The summed E-state index contributed by atoms with van der Waals surface area (Å²) in [5, 5.41) is 2.14. The molecule has 1 aromatic heterocycles. The summed E-state index contributed by atoms with van der Waals surface area (Å²) in [5.74, 6) is -6.88. The van der Waals surface area contributed by atoms with Gasteiger partial charge in [-0.2, -0.15) is 13.2 Å². The third-order valence-corrected chi connectivity index (χ3v) is 9.92. The number of pyridine rings is 1. The molecule has 1 aliphatic carbocycles. The minimum atomic E-state index is -5.22. The van der Waals surface area contributed by atoms with Crippen molar-refractivity contribution in [2.45, 2.75) is 110 Å². The number of rotatable bonds is 2. The summed E-state index contributed by atoms with van der Waals surface area (Å²) in [7, 11) is 1.31. The smallest absolute Gasteiger partial charge is 0.417 e. The molecule has 2 aromatic rings. The second-order valence-corrected chi connectivity index (χ2v) is 14.6. The van der Waals surface area contributed by atoms with Gasteiger partial charge in [0.25, 0.3) is 5.92 Å². The van der Waals surface area contributed by atoms with Gasteiger partial charge < -0.3 is 24.4 Å². The monoisotopic (exact) mass is 683 g/mol. The molecule has 6 atom stereocenters. The first-order chi connectivity index (χ1) is 22.2. The lowest BCUT2D eigenvalue weighted by Crippen LogP contribution is -2.57. The second-order valence-electron chi connectivity index (χ2n) is 14.6. The third kappa shape index (κ3) is 6.76. The number of ether oxygens (including phenoxy) is 3. The van der Waals surface area contributed by atoms with E-state index in [4.69, 9.17) is 14.2 Å². The number of amides is 2. The predicted octanol–water partition coefficient (Wildman–Crippen LogP) is 7.03. The highest BCUT2D eigenvalue weighted by Gasteiger charge is 2.55. The number of hydrogen-bond acceptors (Lipinski definition) is 7. The minimum absolute atomic E-state index is 0.121. The number of carbonyl (C=O) groups is 3. The standard InChI is InChI=1S/C34H42F5N3O6/c1-17-23-16-42(26(17)18(2)43)29(44)27(31(3,4)5)41-30(45)48-32(6)15-19(32)10-8-9-13-33(35,36)25-24(34(37,38)39)21-12-11-20(46-7)14-22(21)40-28(25)47-23/h11-12,14,17,19,23,26-27H,8-10,13,15-16H2,1-7H3,(H,41,45)/t17?,19-,23+,26+,27-,32-/m1/s1. The number of carbonyl (C=O) groups excluding carboxylic acids is 3. The van der Waals surface area contributed by atoms with Gasteiger partial charge in [0.15, 0.2) is 5.78 Å². The number of alkyl halides is 5. The summed E-state index contributed by atoms with van der Waals surface area (Å²) in [4.78, 5) is 45.6. The molecule has 2 fully saturated rings. The molecule has 0 radical (unpaired) electrons. The van der Waals surface area contributed by atoms with Gasteiger partial charge >= 0.3 is 12.3 Å². The van der Waals surface area contributed by atoms with Gasteiger partial charge in [0.05, 0.1) is 36.3 Å². The molecule has 3 heterocycles. The maximum atomic E-state index is 16.3. The summed E-state index contributed by atoms with van der Waals surface area (Å²) in [6.45, 7) is 9.35. The Labute approximate surface area is 275 Å². The van der Waals surface area contributed by atoms with Crippen molar-refractivity contribution in [3.05, 3.63) is 29.3 Å². The highest BCUT2D eigenvalue weighted by Crippen LogP contribution is 2.52. The highest BCUT2D eigenvalue weighted by atomic mass is 19.4. The first kappa shape index (κ1) is 35.6. The van der Waals surface area contributed by atoms with Crippen LogP contribution in [-0.2, 0) is 26.4 Å². The Balaban J connectivity index is 1.68. The van der Waals surface area contributed by atoms with Crippen LogP contribution in [0.25, 0.3) is 10.9 Å². The van der Waals surface area contributed by atoms with Crippen LogP contribution in [0.4, 0.5) is 26.7 Å². The fourth-order valence-electron chi connectivity index (χ4n) is 7.13. The van der Waals surface area contributed by atoms with Crippen LogP contribution in [0.15, 0.2) is 18.2 Å². The maximum Gasteiger partial charge on any atom is 0.417 e. The molecule has 1 N–H and O–H groups in total. The van der Waals surface area contributed by atoms with E-state index in [9.17, 15) is 27.6 Å². The highest BCUT2D eigenvalue weighted by molar-refractivity contribution is 5.93. The Morgan fingerprint density at radius 1 is 1.15 bits per heavy atom. The largest absolute Gasteiger partial charge is 0.497 e. The van der Waals surface area contributed by atoms with Crippen LogP contribution in [0.2, 0.25) is 0 Å². The number of hydrogen-bond donors (Lipinski definition) is 1. The Bertz CT molecular complexity index is 1610. The van der Waals surface area contributed by atoms with E-state index in [2.05, 4.69) is 10.3 Å². The number of benzene rings is 1. The van der Waals surface area contributed by atoms with Gasteiger partial charge in [0, 0.05) is 29.7 Å². The molecule has 264 valence electrons. The summed E-state index contributed by atoms with van der Waals surface area (Å²) in [6, 6.07) is 1.20. The van der Waals surface area contributed by atoms with E-state index in [0.29, 0.717) is 12.8 Å². The quantitative estimate of drug-likeness (QED) is 0.339. The van der Waals surface area contributed by atoms with Gasteiger partial charge in [0.2, 0.25) is 11.8 Å². The number of ketones is 1. The van der Waals surface area contributed by atoms with E-state index in [1.165, 1.54) is 31.1 Å². The van der Waals surface area contributed by atoms with Gasteiger partial charge in [-0.05, 0) is 50.7 Å². The number of alkyl carbamates (subject to hydrolysis) is 1. The molecular weight excluding hydrogens is 641 g/mol. The molecule has 2 bridgehead atoms. The number of nitrogens with one attached hydrogen (secondary N) is 1. The van der Waals surface area contributed by atoms with Crippen LogP contribution in [0, 0.1) is 17.3 Å². The van der Waals surface area contributed by atoms with Crippen molar-refractivity contribution in [2.24, 2.45) is 17.3 Å². The molecule has 0 spiro atoms. The first-order valence-corrected chi connectivity index (χ1v) is 16.1. The van der Waals surface area contributed by atoms with E-state index in [0.717, 1.165) is 6.07 Å². The molecule has 1 aromatic carbocycles. The Hall–Kier alpha value is -3.71. The lowest BCUT2D eigenvalue weighted by Gasteiger charge is -2.35. The number of halogens is 5. The van der Waals surface area contributed by atoms with Crippen molar-refractivity contribution in [3.63, 3.8) is 0 Å². The summed E-state index contributed by atoms with van der Waals surface area (Å²) in [5.41, 5.74) is -4.97. The number of nitrogens with zero attached hydrogens (tertiary/aromatic N) is 2. The topological polar surface area (TPSA) is 107 Å². The lowest BCUT2D eigenvalue weighted by atomic mass is 9.85. The zero-order chi connectivity index (χ0) is 35.6. The van der Waals surface area contributed by atoms with Crippen LogP contribution in [-0.4, -0.2) is 65.1 Å². The average molecular weight is 684 g/mol. The lowest BCUT2D eigenvalue weighted by molar-refractivity contribution is -0.141. The van der Waals surface area contributed by atoms with Crippen molar-refractivity contribution < 1.29 is 50.5 Å². The number of fused-ring (bicyclic) bond motifs is 5. The van der Waals surface area contributed by atoms with E-state index in [1.807, 2.05) is 0 Å². The maximum absolute atomic E-state index is 16.3. The second kappa shape index (κ2) is 12.3. The number of aromatic nitrogens is 1. The first-order valence-electron chi connectivity index (χ1n) is 16.1. The molecule has 48 heavy (non-hydrogen) atoms.